The van der Waals surface area contributed by atoms with Gasteiger partial charge in [-0.1, -0.05) is 12.1 Å². The van der Waals surface area contributed by atoms with Crippen molar-refractivity contribution in [2.75, 3.05) is 0 Å². The largest absolute Gasteiger partial charge is 0.412 e. The minimum Gasteiger partial charge on any atom is -0.412 e. The molecule has 0 bridgehead atoms. The molecule has 0 aliphatic heterocycles. The zero-order valence-corrected chi connectivity index (χ0v) is 8.22. The van der Waals surface area contributed by atoms with E-state index in [1.807, 2.05) is 0 Å². The average molecular weight is 204 g/mol. The van der Waals surface area contributed by atoms with E-state index in [1.54, 1.807) is 26.0 Å². The molecule has 3 N–H and O–H groups in total. The van der Waals surface area contributed by atoms with Crippen LogP contribution in [0.2, 0.25) is 0 Å². The molecule has 0 aromatic heterocycles. The highest BCUT2D eigenvalue weighted by Crippen LogP contribution is 2.17. The lowest BCUT2D eigenvalue weighted by atomic mass is 10.1. The first kappa shape index (κ1) is 12.1. The van der Waals surface area contributed by atoms with Crippen LogP contribution in [0.5, 0.6) is 0 Å². The predicted octanol–water partition coefficient (Wildman–Crippen LogP) is 0.725. The van der Waals surface area contributed by atoms with Crippen LogP contribution in [0, 0.1) is 13.8 Å². The van der Waals surface area contributed by atoms with E-state index in [0.717, 1.165) is 5.56 Å². The fraction of sp³-hybridized carbons (Fsp3) is 0.250. The Hall–Kier alpha value is -0.910. The molecule has 1 rings (SSSR count). The summed E-state index contributed by atoms with van der Waals surface area (Å²) in [6.45, 7) is 3.46. The Bertz CT molecular complexity index is 395. The molecule has 0 saturated carbocycles. The second kappa shape index (κ2) is 3.87. The third-order valence-corrected chi connectivity index (χ3v) is 2.83. The van der Waals surface area contributed by atoms with Gasteiger partial charge in [-0.15, -0.1) is 0 Å². The standard InChI is InChI=1S/C8H10O3S.H2O/c1-6-4-3-5-8(7(6)2)12(9,10)11;/h3-5H,1-2H3,(H,9,10,11);1H2. The molecular weight excluding hydrogens is 192 g/mol. The van der Waals surface area contributed by atoms with Gasteiger partial charge in [-0.2, -0.15) is 8.42 Å². The van der Waals surface area contributed by atoms with Gasteiger partial charge in [0.05, 0.1) is 4.90 Å². The Morgan fingerprint density at radius 3 is 2.15 bits per heavy atom. The van der Waals surface area contributed by atoms with Gasteiger partial charge in [0, 0.05) is 0 Å². The van der Waals surface area contributed by atoms with Crippen molar-refractivity contribution in [1.29, 1.82) is 0 Å². The van der Waals surface area contributed by atoms with Crippen LogP contribution in [0.4, 0.5) is 0 Å². The molecule has 5 heteroatoms. The summed E-state index contributed by atoms with van der Waals surface area (Å²) < 4.78 is 30.3. The van der Waals surface area contributed by atoms with Gasteiger partial charge in [0.25, 0.3) is 10.1 Å². The lowest BCUT2D eigenvalue weighted by Crippen LogP contribution is -2.01. The maximum absolute atomic E-state index is 10.8. The Balaban J connectivity index is 0.00000144. The van der Waals surface area contributed by atoms with Gasteiger partial charge < -0.3 is 5.48 Å². The van der Waals surface area contributed by atoms with Crippen LogP contribution in [0.15, 0.2) is 23.1 Å². The molecule has 0 aliphatic rings. The molecule has 0 heterocycles. The highest BCUT2D eigenvalue weighted by Gasteiger charge is 2.12. The van der Waals surface area contributed by atoms with Crippen LogP contribution < -0.4 is 0 Å². The third kappa shape index (κ3) is 2.51. The van der Waals surface area contributed by atoms with Crippen LogP contribution in [0.25, 0.3) is 0 Å². The van der Waals surface area contributed by atoms with E-state index in [9.17, 15) is 8.42 Å². The number of aryl methyl sites for hydroxylation is 1. The topological polar surface area (TPSA) is 85.9 Å². The summed E-state index contributed by atoms with van der Waals surface area (Å²) in [4.78, 5) is -0.0116. The fourth-order valence-electron chi connectivity index (χ4n) is 1.00. The van der Waals surface area contributed by atoms with E-state index < -0.39 is 10.1 Å². The summed E-state index contributed by atoms with van der Waals surface area (Å²) in [7, 11) is -4.06. The van der Waals surface area contributed by atoms with E-state index in [2.05, 4.69) is 0 Å². The van der Waals surface area contributed by atoms with Crippen LogP contribution in [0.3, 0.4) is 0 Å². The average Bonchev–Trinajstić information content (AvgIpc) is 1.92. The summed E-state index contributed by atoms with van der Waals surface area (Å²) >= 11 is 0. The maximum atomic E-state index is 10.8. The molecule has 0 radical (unpaired) electrons. The second-order valence-corrected chi connectivity index (χ2v) is 4.06. The number of hydrogen-bond donors (Lipinski definition) is 1. The third-order valence-electron chi connectivity index (χ3n) is 1.83. The van der Waals surface area contributed by atoms with Crippen molar-refractivity contribution in [3.05, 3.63) is 29.3 Å². The van der Waals surface area contributed by atoms with Gasteiger partial charge in [-0.05, 0) is 31.0 Å². The van der Waals surface area contributed by atoms with E-state index in [4.69, 9.17) is 4.55 Å². The predicted molar refractivity (Wildman–Crippen MR) is 49.3 cm³/mol. The maximum Gasteiger partial charge on any atom is 0.294 e. The Morgan fingerprint density at radius 2 is 1.77 bits per heavy atom. The first-order valence-electron chi connectivity index (χ1n) is 3.46. The molecule has 1 aromatic rings. The number of hydrogen-bond acceptors (Lipinski definition) is 2. The van der Waals surface area contributed by atoms with E-state index in [-0.39, 0.29) is 10.4 Å². The van der Waals surface area contributed by atoms with Crippen LogP contribution in [-0.2, 0) is 10.1 Å². The quantitative estimate of drug-likeness (QED) is 0.684. The molecule has 13 heavy (non-hydrogen) atoms. The normalized spacial score (nSPS) is 10.7. The molecule has 0 aliphatic carbocycles. The Morgan fingerprint density at radius 1 is 1.23 bits per heavy atom. The highest BCUT2D eigenvalue weighted by atomic mass is 32.2. The van der Waals surface area contributed by atoms with Gasteiger partial charge in [0.15, 0.2) is 0 Å². The summed E-state index contributed by atoms with van der Waals surface area (Å²) in [5.74, 6) is 0. The van der Waals surface area contributed by atoms with Crippen molar-refractivity contribution < 1.29 is 18.4 Å². The molecule has 0 spiro atoms. The summed E-state index contributed by atoms with van der Waals surface area (Å²) in [6.07, 6.45) is 0. The van der Waals surface area contributed by atoms with Crippen LogP contribution >= 0.6 is 0 Å². The van der Waals surface area contributed by atoms with Crippen molar-refractivity contribution in [3.63, 3.8) is 0 Å². The zero-order valence-electron chi connectivity index (χ0n) is 7.40. The lowest BCUT2D eigenvalue weighted by molar-refractivity contribution is 0.482. The second-order valence-electron chi connectivity index (χ2n) is 2.67. The zero-order chi connectivity index (χ0) is 9.35. The van der Waals surface area contributed by atoms with Gasteiger partial charge in [-0.3, -0.25) is 4.55 Å². The van der Waals surface area contributed by atoms with E-state index >= 15 is 0 Å². The summed E-state index contributed by atoms with van der Waals surface area (Å²) in [5.41, 5.74) is 1.45. The van der Waals surface area contributed by atoms with E-state index in [1.165, 1.54) is 6.07 Å². The first-order valence-corrected chi connectivity index (χ1v) is 4.90. The van der Waals surface area contributed by atoms with Crippen molar-refractivity contribution in [2.24, 2.45) is 0 Å². The Labute approximate surface area is 77.3 Å². The Kier molecular flexibility index (Phi) is 3.60. The van der Waals surface area contributed by atoms with Crippen LogP contribution in [-0.4, -0.2) is 18.4 Å². The van der Waals surface area contributed by atoms with Crippen molar-refractivity contribution in [3.8, 4) is 0 Å². The van der Waals surface area contributed by atoms with Crippen LogP contribution in [0.1, 0.15) is 11.1 Å². The molecule has 0 amide bonds. The van der Waals surface area contributed by atoms with Gasteiger partial charge in [0.1, 0.15) is 0 Å². The van der Waals surface area contributed by atoms with Gasteiger partial charge in [-0.25, -0.2) is 0 Å². The summed E-state index contributed by atoms with van der Waals surface area (Å²) in [6, 6.07) is 4.78. The molecule has 0 atom stereocenters. The molecule has 0 fully saturated rings. The molecule has 0 saturated heterocycles. The van der Waals surface area contributed by atoms with Gasteiger partial charge >= 0.3 is 0 Å². The van der Waals surface area contributed by atoms with Crippen molar-refractivity contribution in [1.82, 2.24) is 0 Å². The molecule has 4 nitrogen and oxygen atoms in total. The summed E-state index contributed by atoms with van der Waals surface area (Å²) in [5, 5.41) is 0. The molecule has 74 valence electrons. The SMILES string of the molecule is Cc1cccc(S(=O)(=O)O)c1C.O. The lowest BCUT2D eigenvalue weighted by Gasteiger charge is -2.03. The monoisotopic (exact) mass is 204 g/mol. The number of rotatable bonds is 1. The van der Waals surface area contributed by atoms with Crippen molar-refractivity contribution in [2.45, 2.75) is 18.7 Å². The first-order chi connectivity index (χ1) is 5.43. The van der Waals surface area contributed by atoms with Crippen molar-refractivity contribution >= 4 is 10.1 Å². The molecule has 0 unspecified atom stereocenters. The smallest absolute Gasteiger partial charge is 0.294 e. The minimum atomic E-state index is -4.06. The van der Waals surface area contributed by atoms with E-state index in [0.29, 0.717) is 5.56 Å². The minimum absolute atomic E-state index is 0. The molecular formula is C8H12O4S. The highest BCUT2D eigenvalue weighted by molar-refractivity contribution is 7.85. The number of benzene rings is 1. The fourth-order valence-corrected chi connectivity index (χ4v) is 1.80. The molecule has 1 aromatic carbocycles. The van der Waals surface area contributed by atoms with Gasteiger partial charge in [0.2, 0.25) is 0 Å².